The number of hydrogen-bond donors (Lipinski definition) is 1. The zero-order chi connectivity index (χ0) is 16.8. The topological polar surface area (TPSA) is 50.1 Å². The number of ether oxygens (including phenoxy) is 1. The molecule has 0 unspecified atom stereocenters. The number of carbonyl (C=O) groups excluding carboxylic acids is 1. The SMILES string of the molecule is N=C(Cc1ccccc1)c1ccc(OC(=O)c2ccccc2)cc1. The van der Waals surface area contributed by atoms with Crippen molar-refractivity contribution in [2.75, 3.05) is 0 Å². The smallest absolute Gasteiger partial charge is 0.343 e. The van der Waals surface area contributed by atoms with Crippen molar-refractivity contribution in [1.82, 2.24) is 0 Å². The van der Waals surface area contributed by atoms with Crippen LogP contribution in [0.25, 0.3) is 0 Å². The lowest BCUT2D eigenvalue weighted by Gasteiger charge is -2.07. The minimum absolute atomic E-state index is 0.386. The van der Waals surface area contributed by atoms with Crippen LogP contribution >= 0.6 is 0 Å². The summed E-state index contributed by atoms with van der Waals surface area (Å²) in [6.07, 6.45) is 0.573. The number of carbonyl (C=O) groups is 1. The van der Waals surface area contributed by atoms with Crippen LogP contribution < -0.4 is 4.74 Å². The van der Waals surface area contributed by atoms with Gasteiger partial charge >= 0.3 is 5.97 Å². The monoisotopic (exact) mass is 315 g/mol. The quantitative estimate of drug-likeness (QED) is 0.427. The Kier molecular flexibility index (Phi) is 4.82. The van der Waals surface area contributed by atoms with Crippen molar-refractivity contribution in [3.8, 4) is 5.75 Å². The van der Waals surface area contributed by atoms with Gasteiger partial charge in [-0.2, -0.15) is 0 Å². The minimum atomic E-state index is -0.386. The number of rotatable bonds is 5. The molecule has 0 aliphatic heterocycles. The average Bonchev–Trinajstić information content (AvgIpc) is 2.64. The summed E-state index contributed by atoms with van der Waals surface area (Å²) in [4.78, 5) is 12.0. The molecule has 0 aromatic heterocycles. The molecule has 3 rings (SSSR count). The van der Waals surface area contributed by atoms with Crippen LogP contribution in [0.5, 0.6) is 5.75 Å². The van der Waals surface area contributed by atoms with Crippen molar-refractivity contribution in [2.24, 2.45) is 0 Å². The van der Waals surface area contributed by atoms with Crippen molar-refractivity contribution >= 4 is 11.7 Å². The third-order valence-electron chi connectivity index (χ3n) is 3.65. The van der Waals surface area contributed by atoms with Gasteiger partial charge in [0.1, 0.15) is 5.75 Å². The van der Waals surface area contributed by atoms with E-state index in [1.165, 1.54) is 0 Å². The van der Waals surface area contributed by atoms with E-state index in [0.29, 0.717) is 23.4 Å². The molecule has 1 N–H and O–H groups in total. The predicted molar refractivity (Wildman–Crippen MR) is 94.8 cm³/mol. The fourth-order valence-electron chi connectivity index (χ4n) is 2.37. The van der Waals surface area contributed by atoms with Gasteiger partial charge in [-0.1, -0.05) is 48.5 Å². The fraction of sp³-hybridized carbons (Fsp3) is 0.0476. The zero-order valence-electron chi connectivity index (χ0n) is 13.1. The van der Waals surface area contributed by atoms with Crippen LogP contribution in [0.3, 0.4) is 0 Å². The molecule has 0 heterocycles. The Morgan fingerprint density at radius 2 is 1.33 bits per heavy atom. The molecule has 0 atom stereocenters. The number of hydrogen-bond acceptors (Lipinski definition) is 3. The molecule has 0 amide bonds. The van der Waals surface area contributed by atoms with E-state index >= 15 is 0 Å². The van der Waals surface area contributed by atoms with Crippen LogP contribution in [-0.2, 0) is 6.42 Å². The Morgan fingerprint density at radius 3 is 1.96 bits per heavy atom. The molecule has 118 valence electrons. The molecular weight excluding hydrogens is 298 g/mol. The molecule has 3 heteroatoms. The van der Waals surface area contributed by atoms with Gasteiger partial charge in [-0.15, -0.1) is 0 Å². The van der Waals surface area contributed by atoms with Crippen LogP contribution in [0.4, 0.5) is 0 Å². The Balaban J connectivity index is 1.65. The summed E-state index contributed by atoms with van der Waals surface area (Å²) in [6, 6.07) is 25.8. The Labute approximate surface area is 141 Å². The van der Waals surface area contributed by atoms with Gasteiger partial charge in [0.2, 0.25) is 0 Å². The largest absolute Gasteiger partial charge is 0.423 e. The molecule has 3 nitrogen and oxygen atoms in total. The number of esters is 1. The van der Waals surface area contributed by atoms with Gasteiger partial charge in [-0.25, -0.2) is 4.79 Å². The van der Waals surface area contributed by atoms with E-state index < -0.39 is 0 Å². The van der Waals surface area contributed by atoms with E-state index in [2.05, 4.69) is 0 Å². The maximum absolute atomic E-state index is 12.0. The third-order valence-corrected chi connectivity index (χ3v) is 3.65. The molecule has 0 radical (unpaired) electrons. The Bertz CT molecular complexity index is 825. The van der Waals surface area contributed by atoms with Gasteiger partial charge in [0.05, 0.1) is 5.56 Å². The van der Waals surface area contributed by atoms with E-state index in [1.54, 1.807) is 48.5 Å². The average molecular weight is 315 g/mol. The molecule has 0 bridgehead atoms. The highest BCUT2D eigenvalue weighted by molar-refractivity contribution is 5.99. The van der Waals surface area contributed by atoms with Gasteiger partial charge in [0.15, 0.2) is 0 Å². The van der Waals surface area contributed by atoms with Crippen LogP contribution in [0, 0.1) is 5.41 Å². The van der Waals surface area contributed by atoms with Crippen LogP contribution in [0.15, 0.2) is 84.9 Å². The van der Waals surface area contributed by atoms with E-state index in [4.69, 9.17) is 10.1 Å². The van der Waals surface area contributed by atoms with E-state index in [-0.39, 0.29) is 5.97 Å². The second-order valence-corrected chi connectivity index (χ2v) is 5.42. The first-order chi connectivity index (χ1) is 11.7. The molecule has 0 fully saturated rings. The lowest BCUT2D eigenvalue weighted by Crippen LogP contribution is -2.08. The highest BCUT2D eigenvalue weighted by Crippen LogP contribution is 2.16. The number of benzene rings is 3. The molecular formula is C21H17NO2. The Hall–Kier alpha value is -3.20. The van der Waals surface area contributed by atoms with Gasteiger partial charge in [-0.05, 0) is 47.5 Å². The first-order valence-electron chi connectivity index (χ1n) is 7.71. The molecule has 24 heavy (non-hydrogen) atoms. The standard InChI is InChI=1S/C21H17NO2/c22-20(15-16-7-3-1-4-8-16)17-11-13-19(14-12-17)24-21(23)18-9-5-2-6-10-18/h1-14,22H,15H2. The van der Waals surface area contributed by atoms with E-state index in [1.807, 2.05) is 36.4 Å². The zero-order valence-corrected chi connectivity index (χ0v) is 13.1. The van der Waals surface area contributed by atoms with Crippen molar-refractivity contribution in [1.29, 1.82) is 5.41 Å². The van der Waals surface area contributed by atoms with Crippen molar-refractivity contribution < 1.29 is 9.53 Å². The summed E-state index contributed by atoms with van der Waals surface area (Å²) in [7, 11) is 0. The Morgan fingerprint density at radius 1 is 0.750 bits per heavy atom. The molecule has 3 aromatic carbocycles. The summed E-state index contributed by atoms with van der Waals surface area (Å²) >= 11 is 0. The number of nitrogens with one attached hydrogen (secondary N) is 1. The van der Waals surface area contributed by atoms with E-state index in [9.17, 15) is 4.79 Å². The van der Waals surface area contributed by atoms with Crippen molar-refractivity contribution in [3.63, 3.8) is 0 Å². The van der Waals surface area contributed by atoms with Crippen LogP contribution in [0.2, 0.25) is 0 Å². The first-order valence-corrected chi connectivity index (χ1v) is 7.71. The predicted octanol–water partition coefficient (Wildman–Crippen LogP) is 4.52. The van der Waals surface area contributed by atoms with Crippen molar-refractivity contribution in [3.05, 3.63) is 102 Å². The third kappa shape index (κ3) is 3.96. The highest BCUT2D eigenvalue weighted by atomic mass is 16.5. The summed E-state index contributed by atoms with van der Waals surface area (Å²) in [5, 5.41) is 8.21. The molecule has 0 saturated carbocycles. The maximum Gasteiger partial charge on any atom is 0.343 e. The summed E-state index contributed by atoms with van der Waals surface area (Å²) in [6.45, 7) is 0. The molecule has 0 aliphatic rings. The lowest BCUT2D eigenvalue weighted by atomic mass is 10.0. The molecule has 0 spiro atoms. The first kappa shape index (κ1) is 15.7. The lowest BCUT2D eigenvalue weighted by molar-refractivity contribution is 0.0735. The normalized spacial score (nSPS) is 10.2. The maximum atomic E-state index is 12.0. The molecule has 0 aliphatic carbocycles. The second kappa shape index (κ2) is 7.38. The van der Waals surface area contributed by atoms with Crippen molar-refractivity contribution in [2.45, 2.75) is 6.42 Å². The van der Waals surface area contributed by atoms with Gasteiger partial charge in [0, 0.05) is 12.1 Å². The van der Waals surface area contributed by atoms with Gasteiger partial charge < -0.3 is 10.1 Å². The van der Waals surface area contributed by atoms with Crippen LogP contribution in [-0.4, -0.2) is 11.7 Å². The van der Waals surface area contributed by atoms with Gasteiger partial charge in [-0.3, -0.25) is 0 Å². The van der Waals surface area contributed by atoms with Gasteiger partial charge in [0.25, 0.3) is 0 Å². The molecule has 0 saturated heterocycles. The summed E-state index contributed by atoms with van der Waals surface area (Å²) < 4.78 is 5.34. The fourth-order valence-corrected chi connectivity index (χ4v) is 2.37. The molecule has 3 aromatic rings. The second-order valence-electron chi connectivity index (χ2n) is 5.42. The van der Waals surface area contributed by atoms with Crippen LogP contribution in [0.1, 0.15) is 21.5 Å². The summed E-state index contributed by atoms with van der Waals surface area (Å²) in [5.41, 5.74) is 2.96. The highest BCUT2D eigenvalue weighted by Gasteiger charge is 2.08. The summed E-state index contributed by atoms with van der Waals surface area (Å²) in [5.74, 6) is 0.0860. The van der Waals surface area contributed by atoms with E-state index in [0.717, 1.165) is 11.1 Å². The minimum Gasteiger partial charge on any atom is -0.423 e.